The summed E-state index contributed by atoms with van der Waals surface area (Å²) in [6, 6.07) is 0. The van der Waals surface area contributed by atoms with E-state index in [0.717, 1.165) is 61.0 Å². The molecular weight excluding hydrogens is 418 g/mol. The van der Waals surface area contributed by atoms with Gasteiger partial charge in [-0.25, -0.2) is 0 Å². The van der Waals surface area contributed by atoms with Crippen molar-refractivity contribution in [2.45, 2.75) is 120 Å². The van der Waals surface area contributed by atoms with Crippen LogP contribution in [0.5, 0.6) is 0 Å². The summed E-state index contributed by atoms with van der Waals surface area (Å²) in [5.74, 6) is 13.7. The van der Waals surface area contributed by atoms with E-state index in [1.54, 1.807) is 25.7 Å². The molecule has 0 amide bonds. The van der Waals surface area contributed by atoms with Crippen molar-refractivity contribution >= 4 is 6.72 Å². The molecule has 4 rings (SSSR count). The topological polar surface area (TPSA) is 82.1 Å². The Morgan fingerprint density at radius 3 is 2.09 bits per heavy atom. The second-order valence-electron chi connectivity index (χ2n) is 10.6. The van der Waals surface area contributed by atoms with Gasteiger partial charge in [0.1, 0.15) is 0 Å². The zero-order valence-corrected chi connectivity index (χ0v) is 23.6. The Bertz CT molecular complexity index is 488. The van der Waals surface area contributed by atoms with Crippen LogP contribution in [0.25, 0.3) is 0 Å². The Morgan fingerprint density at radius 2 is 1.53 bits per heavy atom. The maximum Gasteiger partial charge on any atom is 0.0319 e. The van der Waals surface area contributed by atoms with Gasteiger partial charge in [-0.2, -0.15) is 0 Å². The van der Waals surface area contributed by atoms with Gasteiger partial charge in [0, 0.05) is 13.7 Å². The first-order valence-electron chi connectivity index (χ1n) is 14.3. The van der Waals surface area contributed by atoms with Gasteiger partial charge in [0.15, 0.2) is 0 Å². The fourth-order valence-corrected chi connectivity index (χ4v) is 8.62. The molecule has 0 radical (unpaired) electrons. The first-order valence-corrected chi connectivity index (χ1v) is 14.3. The number of rotatable bonds is 4. The molecule has 0 heterocycles. The zero-order valence-electron chi connectivity index (χ0n) is 23.6. The Labute approximate surface area is 215 Å². The molecule has 4 nitrogen and oxygen atoms in total. The van der Waals surface area contributed by atoms with Crippen molar-refractivity contribution < 1.29 is 5.11 Å². The third kappa shape index (κ3) is 7.77. The smallest absolute Gasteiger partial charge is 0.0319 e. The van der Waals surface area contributed by atoms with E-state index in [9.17, 15) is 0 Å². The van der Waals surface area contributed by atoms with E-state index in [-0.39, 0.29) is 7.43 Å². The van der Waals surface area contributed by atoms with Gasteiger partial charge in [-0.1, -0.05) is 68.7 Å². The summed E-state index contributed by atoms with van der Waals surface area (Å²) in [6.07, 6.45) is 15.2. The minimum atomic E-state index is 0. The molecule has 4 saturated carbocycles. The maximum atomic E-state index is 7.00. The van der Waals surface area contributed by atoms with Gasteiger partial charge in [0.25, 0.3) is 0 Å². The summed E-state index contributed by atoms with van der Waals surface area (Å²) in [6.45, 7) is 19.0. The average molecular weight is 484 g/mol. The Balaban J connectivity index is 0. The molecule has 9 atom stereocenters. The molecular formula is C30H65N3O. The fraction of sp³-hybridized carbons (Fsp3) is 0.967. The molecule has 206 valence electrons. The second-order valence-corrected chi connectivity index (χ2v) is 10.6. The van der Waals surface area contributed by atoms with E-state index in [1.807, 2.05) is 27.7 Å². The van der Waals surface area contributed by atoms with Crippen molar-refractivity contribution in [1.29, 1.82) is 5.41 Å². The van der Waals surface area contributed by atoms with Crippen molar-refractivity contribution in [3.8, 4) is 0 Å². The van der Waals surface area contributed by atoms with Crippen LogP contribution in [0.3, 0.4) is 0 Å². The Morgan fingerprint density at radius 1 is 0.941 bits per heavy atom. The van der Waals surface area contributed by atoms with Crippen LogP contribution in [0, 0.1) is 58.2 Å². The van der Waals surface area contributed by atoms with E-state index in [1.165, 1.54) is 38.5 Å². The van der Waals surface area contributed by atoms with Crippen molar-refractivity contribution in [2.24, 2.45) is 58.6 Å². The zero-order chi connectivity index (χ0) is 25.6. The first-order chi connectivity index (χ1) is 16.1. The summed E-state index contributed by atoms with van der Waals surface area (Å²) < 4.78 is 0. The fourth-order valence-electron chi connectivity index (χ4n) is 8.62. The molecule has 0 aromatic rings. The molecule has 0 aromatic carbocycles. The number of hydrazine groups is 1. The van der Waals surface area contributed by atoms with Gasteiger partial charge >= 0.3 is 0 Å². The lowest BCUT2D eigenvalue weighted by atomic mass is 9.48. The number of aliphatic hydroxyl groups is 1. The van der Waals surface area contributed by atoms with Crippen LogP contribution in [0.4, 0.5) is 0 Å². The summed E-state index contributed by atoms with van der Waals surface area (Å²) in [7, 11) is 1.00. The number of fused-ring (bicyclic) bond motifs is 5. The van der Waals surface area contributed by atoms with Crippen molar-refractivity contribution in [3.63, 3.8) is 0 Å². The molecule has 4 aliphatic rings. The van der Waals surface area contributed by atoms with Crippen LogP contribution in [-0.2, 0) is 0 Å². The molecule has 0 aliphatic heterocycles. The predicted molar refractivity (Wildman–Crippen MR) is 153 cm³/mol. The van der Waals surface area contributed by atoms with E-state index < -0.39 is 0 Å². The Kier molecular flexibility index (Phi) is 19.7. The molecule has 0 spiro atoms. The summed E-state index contributed by atoms with van der Waals surface area (Å²) in [5, 5.41) is 12.5. The van der Waals surface area contributed by atoms with Crippen molar-refractivity contribution in [2.75, 3.05) is 13.7 Å². The predicted octanol–water partition coefficient (Wildman–Crippen LogP) is 7.94. The van der Waals surface area contributed by atoms with Crippen molar-refractivity contribution in [1.82, 2.24) is 5.43 Å². The van der Waals surface area contributed by atoms with Crippen LogP contribution >= 0.6 is 0 Å². The summed E-state index contributed by atoms with van der Waals surface area (Å²) >= 11 is 0. The minimum Gasteiger partial charge on any atom is -0.400 e. The van der Waals surface area contributed by atoms with E-state index >= 15 is 0 Å². The summed E-state index contributed by atoms with van der Waals surface area (Å²) in [5.41, 5.74) is 3.56. The monoisotopic (exact) mass is 484 g/mol. The third-order valence-electron chi connectivity index (χ3n) is 9.84. The standard InChI is InChI=1S/C23H42N2.2C2H6.CH3N.CH4O.CH4/c1-4-16-5-7-18-17(13-16)6-8-20-19(18)11-12-23(3)21(9-10-22(20)23)15(2)14-25-24;4*1-2;/h15-22,25H,4-14,24H2,1-3H3;2*1-2H3;2H,1H2;2H,1H3;1H4. The molecule has 34 heavy (non-hydrogen) atoms. The molecule has 0 saturated heterocycles. The van der Waals surface area contributed by atoms with Gasteiger partial charge in [-0.05, 0) is 111 Å². The largest absolute Gasteiger partial charge is 0.400 e. The number of hydrogen-bond donors (Lipinski definition) is 4. The van der Waals surface area contributed by atoms with Crippen LogP contribution in [-0.4, -0.2) is 25.5 Å². The molecule has 0 bridgehead atoms. The first kappa shape index (κ1) is 35.7. The van der Waals surface area contributed by atoms with Crippen LogP contribution in [0.2, 0.25) is 0 Å². The number of aliphatic hydroxyl groups excluding tert-OH is 1. The van der Waals surface area contributed by atoms with Crippen LogP contribution < -0.4 is 11.3 Å². The second kappa shape index (κ2) is 18.8. The molecule has 5 N–H and O–H groups in total. The number of hydrogen-bond acceptors (Lipinski definition) is 4. The third-order valence-corrected chi connectivity index (χ3v) is 9.84. The van der Waals surface area contributed by atoms with Gasteiger partial charge in [-0.15, -0.1) is 0 Å². The molecule has 9 unspecified atom stereocenters. The van der Waals surface area contributed by atoms with Gasteiger partial charge in [0.05, 0.1) is 0 Å². The highest BCUT2D eigenvalue weighted by atomic mass is 16.2. The lowest BCUT2D eigenvalue weighted by Crippen LogP contribution is -2.49. The average Bonchev–Trinajstić information content (AvgIpc) is 3.26. The SMILES string of the molecule is C.C=N.CC.CC.CCC1CCC2C(CCC3C2CCC2(C)C(C(C)CNN)CCC32)C1.CO. The number of nitrogens with two attached hydrogens (primary N) is 1. The number of nitrogens with one attached hydrogen (secondary N) is 2. The van der Waals surface area contributed by atoms with Crippen molar-refractivity contribution in [3.05, 3.63) is 0 Å². The van der Waals surface area contributed by atoms with E-state index in [0.29, 0.717) is 5.41 Å². The molecule has 0 aromatic heterocycles. The minimum absolute atomic E-state index is 0. The Hall–Kier alpha value is -0.450. The lowest BCUT2D eigenvalue weighted by Gasteiger charge is -2.57. The maximum absolute atomic E-state index is 7.00. The highest BCUT2D eigenvalue weighted by Crippen LogP contribution is 2.65. The summed E-state index contributed by atoms with van der Waals surface area (Å²) in [4.78, 5) is 0. The molecule has 4 aliphatic carbocycles. The normalized spacial score (nSPS) is 37.9. The van der Waals surface area contributed by atoms with Gasteiger partial charge in [0.2, 0.25) is 0 Å². The molecule has 4 fully saturated rings. The van der Waals surface area contributed by atoms with Crippen LogP contribution in [0.1, 0.15) is 120 Å². The highest BCUT2D eigenvalue weighted by Gasteiger charge is 2.57. The lowest BCUT2D eigenvalue weighted by molar-refractivity contribution is -0.0737. The van der Waals surface area contributed by atoms with Crippen LogP contribution in [0.15, 0.2) is 0 Å². The quantitative estimate of drug-likeness (QED) is 0.186. The van der Waals surface area contributed by atoms with E-state index in [4.69, 9.17) is 16.4 Å². The highest BCUT2D eigenvalue weighted by molar-refractivity contribution is 5.15. The van der Waals surface area contributed by atoms with E-state index in [2.05, 4.69) is 32.9 Å². The molecule has 4 heteroatoms. The van der Waals surface area contributed by atoms with Gasteiger partial charge in [-0.3, -0.25) is 11.3 Å². The van der Waals surface area contributed by atoms with Gasteiger partial charge < -0.3 is 10.5 Å².